The highest BCUT2D eigenvalue weighted by Crippen LogP contribution is 2.19. The highest BCUT2D eigenvalue weighted by Gasteiger charge is 2.24. The lowest BCUT2D eigenvalue weighted by Crippen LogP contribution is -2.41. The van der Waals surface area contributed by atoms with E-state index in [1.54, 1.807) is 20.8 Å². The van der Waals surface area contributed by atoms with E-state index in [1.165, 1.54) is 25.3 Å². The summed E-state index contributed by atoms with van der Waals surface area (Å²) < 4.78 is 9.96. The molecule has 0 aromatic carbocycles. The molecule has 0 saturated heterocycles. The first-order valence-electron chi connectivity index (χ1n) is 6.81. The minimum atomic E-state index is -0.675. The van der Waals surface area contributed by atoms with Crippen molar-refractivity contribution < 1.29 is 19.1 Å². The van der Waals surface area contributed by atoms with E-state index in [0.29, 0.717) is 0 Å². The van der Waals surface area contributed by atoms with Crippen LogP contribution >= 0.6 is 11.6 Å². The van der Waals surface area contributed by atoms with Gasteiger partial charge in [0.25, 0.3) is 0 Å². The quantitative estimate of drug-likeness (QED) is 0.383. The molecule has 0 radical (unpaired) electrons. The van der Waals surface area contributed by atoms with Gasteiger partial charge in [0.15, 0.2) is 5.82 Å². The van der Waals surface area contributed by atoms with Gasteiger partial charge in [-0.05, 0) is 32.9 Å². The molecule has 23 heavy (non-hydrogen) atoms. The lowest BCUT2D eigenvalue weighted by molar-refractivity contribution is 0.0313. The van der Waals surface area contributed by atoms with Crippen LogP contribution in [0.5, 0.6) is 0 Å². The first kappa shape index (κ1) is 18.8. The van der Waals surface area contributed by atoms with Crippen molar-refractivity contribution >= 4 is 29.5 Å². The summed E-state index contributed by atoms with van der Waals surface area (Å²) in [5.41, 5.74) is 2.18. The highest BCUT2D eigenvalue weighted by molar-refractivity contribution is 6.29. The van der Waals surface area contributed by atoms with Crippen molar-refractivity contribution in [3.05, 3.63) is 35.5 Å². The lowest BCUT2D eigenvalue weighted by atomic mass is 10.2. The van der Waals surface area contributed by atoms with Gasteiger partial charge in [0, 0.05) is 0 Å². The van der Waals surface area contributed by atoms with E-state index in [0.717, 1.165) is 5.01 Å². The number of hydrogen-bond donors (Lipinski definition) is 1. The molecule has 8 heteroatoms. The maximum absolute atomic E-state index is 12.2. The SMILES string of the molecule is C=CCN(Nc1nc(Cl)ccc1C(=O)OC)C(=O)OC(C)(C)C. The summed E-state index contributed by atoms with van der Waals surface area (Å²) in [4.78, 5) is 28.0. The van der Waals surface area contributed by atoms with Gasteiger partial charge in [-0.15, -0.1) is 6.58 Å². The zero-order valence-corrected chi connectivity index (χ0v) is 14.3. The average Bonchev–Trinajstić information content (AvgIpc) is 2.44. The van der Waals surface area contributed by atoms with Crippen molar-refractivity contribution in [3.8, 4) is 0 Å². The number of rotatable bonds is 5. The van der Waals surface area contributed by atoms with Crippen LogP contribution in [0.1, 0.15) is 31.1 Å². The van der Waals surface area contributed by atoms with Gasteiger partial charge in [-0.1, -0.05) is 17.7 Å². The Hall–Kier alpha value is -2.28. The van der Waals surface area contributed by atoms with Gasteiger partial charge in [0.2, 0.25) is 0 Å². The van der Waals surface area contributed by atoms with Gasteiger partial charge in [-0.25, -0.2) is 19.6 Å². The third kappa shape index (κ3) is 5.78. The Kier molecular flexibility index (Phi) is 6.38. The van der Waals surface area contributed by atoms with Crippen LogP contribution in [-0.4, -0.2) is 41.3 Å². The number of pyridine rings is 1. The Balaban J connectivity index is 3.09. The molecule has 0 unspecified atom stereocenters. The molecule has 0 spiro atoms. The van der Waals surface area contributed by atoms with Crippen LogP contribution in [0.25, 0.3) is 0 Å². The molecule has 0 aliphatic rings. The summed E-state index contributed by atoms with van der Waals surface area (Å²) in [7, 11) is 1.25. The smallest absolute Gasteiger partial charge is 0.429 e. The maximum Gasteiger partial charge on any atom is 0.429 e. The number of nitrogens with zero attached hydrogens (tertiary/aromatic N) is 2. The molecule has 1 N–H and O–H groups in total. The van der Waals surface area contributed by atoms with Crippen molar-refractivity contribution in [2.75, 3.05) is 19.1 Å². The van der Waals surface area contributed by atoms with Crippen LogP contribution in [0.15, 0.2) is 24.8 Å². The molecule has 1 rings (SSSR count). The molecule has 0 bridgehead atoms. The highest BCUT2D eigenvalue weighted by atomic mass is 35.5. The molecule has 1 aromatic heterocycles. The zero-order valence-electron chi connectivity index (χ0n) is 13.6. The molecule has 0 atom stereocenters. The number of amides is 1. The van der Waals surface area contributed by atoms with E-state index < -0.39 is 17.7 Å². The lowest BCUT2D eigenvalue weighted by Gasteiger charge is -2.27. The number of hydrogen-bond acceptors (Lipinski definition) is 6. The van der Waals surface area contributed by atoms with Crippen molar-refractivity contribution in [2.24, 2.45) is 0 Å². The third-order valence-electron chi connectivity index (χ3n) is 2.43. The predicted octanol–water partition coefficient (Wildman–Crippen LogP) is 3.27. The summed E-state index contributed by atoms with van der Waals surface area (Å²) in [5.74, 6) is -0.531. The van der Waals surface area contributed by atoms with Crippen LogP contribution in [0, 0.1) is 0 Å². The number of ether oxygens (including phenoxy) is 2. The van der Waals surface area contributed by atoms with Gasteiger partial charge in [-0.3, -0.25) is 5.43 Å². The van der Waals surface area contributed by atoms with E-state index in [9.17, 15) is 9.59 Å². The number of hydrazine groups is 1. The fraction of sp³-hybridized carbons (Fsp3) is 0.400. The van der Waals surface area contributed by atoms with E-state index in [-0.39, 0.29) is 23.1 Å². The van der Waals surface area contributed by atoms with Crippen molar-refractivity contribution in [1.29, 1.82) is 0 Å². The summed E-state index contributed by atoms with van der Waals surface area (Å²) >= 11 is 5.85. The van der Waals surface area contributed by atoms with Gasteiger partial charge in [-0.2, -0.15) is 0 Å². The molecule has 1 amide bonds. The number of carbonyl (C=O) groups excluding carboxylic acids is 2. The molecule has 1 heterocycles. The normalized spacial score (nSPS) is 10.7. The first-order valence-corrected chi connectivity index (χ1v) is 7.18. The van der Waals surface area contributed by atoms with E-state index in [2.05, 4.69) is 21.7 Å². The number of halogens is 1. The minimum absolute atomic E-state index is 0.0806. The number of carbonyl (C=O) groups is 2. The predicted molar refractivity (Wildman–Crippen MR) is 87.3 cm³/mol. The van der Waals surface area contributed by atoms with Gasteiger partial charge < -0.3 is 9.47 Å². The van der Waals surface area contributed by atoms with Crippen LogP contribution in [0.2, 0.25) is 5.15 Å². The Bertz CT molecular complexity index is 599. The van der Waals surface area contributed by atoms with E-state index in [1.807, 2.05) is 0 Å². The molecule has 0 aliphatic carbocycles. The number of aromatic nitrogens is 1. The van der Waals surface area contributed by atoms with Crippen molar-refractivity contribution in [3.63, 3.8) is 0 Å². The van der Waals surface area contributed by atoms with Crippen LogP contribution in [0.4, 0.5) is 10.6 Å². The zero-order chi connectivity index (χ0) is 17.6. The second kappa shape index (κ2) is 7.82. The number of methoxy groups -OCH3 is 1. The fourth-order valence-corrected chi connectivity index (χ4v) is 1.68. The summed E-state index contributed by atoms with van der Waals surface area (Å²) in [6.45, 7) is 8.95. The first-order chi connectivity index (χ1) is 10.7. The summed E-state index contributed by atoms with van der Waals surface area (Å²) in [6, 6.07) is 2.90. The third-order valence-corrected chi connectivity index (χ3v) is 2.64. The summed E-state index contributed by atoms with van der Waals surface area (Å²) in [6.07, 6.45) is 0.856. The Labute approximate surface area is 140 Å². The topological polar surface area (TPSA) is 80.8 Å². The fourth-order valence-electron chi connectivity index (χ4n) is 1.54. The monoisotopic (exact) mass is 341 g/mol. The standard InChI is InChI=1S/C15H20ClN3O4/c1-6-9-19(14(21)23-15(2,3)4)18-12-10(13(20)22-5)7-8-11(16)17-12/h6-8H,1,9H2,2-5H3,(H,17,18). The molecular formula is C15H20ClN3O4. The molecule has 0 saturated carbocycles. The Morgan fingerprint density at radius 2 is 2.09 bits per heavy atom. The number of esters is 1. The van der Waals surface area contributed by atoms with Crippen LogP contribution in [-0.2, 0) is 9.47 Å². The van der Waals surface area contributed by atoms with E-state index in [4.69, 9.17) is 16.3 Å². The molecule has 0 aliphatic heterocycles. The van der Waals surface area contributed by atoms with Crippen LogP contribution < -0.4 is 5.43 Å². The Morgan fingerprint density at radius 1 is 1.43 bits per heavy atom. The maximum atomic E-state index is 12.2. The second-order valence-electron chi connectivity index (χ2n) is 5.51. The molecule has 7 nitrogen and oxygen atoms in total. The Morgan fingerprint density at radius 3 is 2.61 bits per heavy atom. The van der Waals surface area contributed by atoms with E-state index >= 15 is 0 Å². The summed E-state index contributed by atoms with van der Waals surface area (Å²) in [5, 5.41) is 1.28. The van der Waals surface area contributed by atoms with Gasteiger partial charge >= 0.3 is 12.1 Å². The molecule has 126 valence electrons. The average molecular weight is 342 g/mol. The van der Waals surface area contributed by atoms with Crippen molar-refractivity contribution in [2.45, 2.75) is 26.4 Å². The van der Waals surface area contributed by atoms with Gasteiger partial charge in [0.05, 0.1) is 13.7 Å². The van der Waals surface area contributed by atoms with Crippen LogP contribution in [0.3, 0.4) is 0 Å². The number of nitrogens with one attached hydrogen (secondary N) is 1. The van der Waals surface area contributed by atoms with Crippen molar-refractivity contribution in [1.82, 2.24) is 9.99 Å². The molecular weight excluding hydrogens is 322 g/mol. The molecule has 0 fully saturated rings. The largest absolute Gasteiger partial charge is 0.465 e. The van der Waals surface area contributed by atoms with Gasteiger partial charge in [0.1, 0.15) is 16.3 Å². The minimum Gasteiger partial charge on any atom is -0.465 e. The number of anilines is 1. The second-order valence-corrected chi connectivity index (χ2v) is 5.90. The molecule has 1 aromatic rings.